The van der Waals surface area contributed by atoms with Gasteiger partial charge in [-0.2, -0.15) is 0 Å². The molecule has 3 N–H and O–H groups in total. The lowest BCUT2D eigenvalue weighted by molar-refractivity contribution is 0.0730. The second-order valence-corrected chi connectivity index (χ2v) is 9.22. The lowest BCUT2D eigenvalue weighted by Crippen LogP contribution is -2.31. The summed E-state index contributed by atoms with van der Waals surface area (Å²) in [6.07, 6.45) is 1.97. The number of aromatic nitrogens is 1. The average Bonchev–Trinajstić information content (AvgIpc) is 3.59. The molecule has 8 nitrogen and oxygen atoms in total. The molecule has 1 aromatic heterocycles. The van der Waals surface area contributed by atoms with Crippen molar-refractivity contribution in [2.75, 3.05) is 17.2 Å². The van der Waals surface area contributed by atoms with Crippen LogP contribution in [0.2, 0.25) is 0 Å². The smallest absolute Gasteiger partial charge is 0.343 e. The van der Waals surface area contributed by atoms with Gasteiger partial charge in [0, 0.05) is 40.4 Å². The summed E-state index contributed by atoms with van der Waals surface area (Å²) in [7, 11) is 0. The lowest BCUT2D eigenvalue weighted by Gasteiger charge is -2.15. The maximum atomic E-state index is 15.0. The highest BCUT2D eigenvalue weighted by Crippen LogP contribution is 2.47. The average molecular weight is 555 g/mol. The van der Waals surface area contributed by atoms with E-state index in [9.17, 15) is 14.4 Å². The van der Waals surface area contributed by atoms with E-state index in [1.54, 1.807) is 36.5 Å². The number of halogens is 2. The van der Waals surface area contributed by atoms with Gasteiger partial charge in [0.15, 0.2) is 5.78 Å². The van der Waals surface area contributed by atoms with Crippen molar-refractivity contribution in [1.29, 1.82) is 0 Å². The van der Waals surface area contributed by atoms with Crippen LogP contribution in [0.4, 0.5) is 20.7 Å². The molecule has 2 amide bonds. The van der Waals surface area contributed by atoms with Crippen LogP contribution in [0, 0.1) is 5.82 Å². The molecule has 1 heterocycles. The fourth-order valence-electron chi connectivity index (χ4n) is 3.86. The van der Waals surface area contributed by atoms with Crippen molar-refractivity contribution < 1.29 is 23.5 Å². The fraction of sp³-hybridized carbons (Fsp3) is 0.231. The minimum absolute atomic E-state index is 0.0888. The fourth-order valence-corrected chi connectivity index (χ4v) is 4.10. The summed E-state index contributed by atoms with van der Waals surface area (Å²) in [4.78, 5) is 41.8. The Hall–Kier alpha value is -3.79. The summed E-state index contributed by atoms with van der Waals surface area (Å²) in [5.41, 5.74) is 1.17. The highest BCUT2D eigenvalue weighted by Gasteiger charge is 2.44. The predicted octanol–water partition coefficient (Wildman–Crippen LogP) is 5.51. The first-order valence-corrected chi connectivity index (χ1v) is 12.1. The normalized spacial score (nSPS) is 16.1. The molecule has 0 bridgehead atoms. The minimum Gasteiger partial charge on any atom is -0.422 e. The number of esters is 1. The third-order valence-corrected chi connectivity index (χ3v) is 6.11. The van der Waals surface area contributed by atoms with Gasteiger partial charge in [-0.3, -0.25) is 10.1 Å². The maximum absolute atomic E-state index is 15.0. The molecule has 186 valence electrons. The number of hydrogen-bond donors (Lipinski definition) is 3. The Kier molecular flexibility index (Phi) is 7.64. The molecule has 2 atom stereocenters. The van der Waals surface area contributed by atoms with Crippen LogP contribution in [-0.2, 0) is 0 Å². The van der Waals surface area contributed by atoms with Gasteiger partial charge in [-0.15, -0.1) is 0 Å². The molecule has 2 aromatic carbocycles. The zero-order chi connectivity index (χ0) is 25.8. The van der Waals surface area contributed by atoms with Crippen LogP contribution in [0.1, 0.15) is 52.5 Å². The minimum atomic E-state index is -0.715. The number of ether oxygens (including phenoxy) is 1. The molecule has 0 aliphatic heterocycles. The molecular weight excluding hydrogens is 531 g/mol. The van der Waals surface area contributed by atoms with E-state index in [-0.39, 0.29) is 28.2 Å². The summed E-state index contributed by atoms with van der Waals surface area (Å²) in [5, 5.41) is 8.51. The number of carbonyl (C=O) groups is 3. The van der Waals surface area contributed by atoms with Crippen LogP contribution in [0.3, 0.4) is 0 Å². The molecule has 0 spiro atoms. The first-order valence-electron chi connectivity index (χ1n) is 11.3. The standard InChI is InChI=1S/C26H24BrFN4O4/c1-3-29-17-6-4-5-15(11-17)25(34)36-24-18(14(2)33)8-9-20(28)23(24)19-12-21(19)31-26(35)32-22-10-7-16(27)13-30-22/h4-11,13,19,21,29H,3,12H2,1-2H3,(H2,30,31,32,35)/t19-,21+/m0/s1. The van der Waals surface area contributed by atoms with Crippen molar-refractivity contribution in [3.05, 3.63) is 81.7 Å². The van der Waals surface area contributed by atoms with Gasteiger partial charge in [0.1, 0.15) is 17.4 Å². The number of amides is 2. The van der Waals surface area contributed by atoms with Crippen molar-refractivity contribution in [3.8, 4) is 5.75 Å². The van der Waals surface area contributed by atoms with Crippen LogP contribution < -0.4 is 20.7 Å². The van der Waals surface area contributed by atoms with Crippen molar-refractivity contribution in [1.82, 2.24) is 10.3 Å². The second kappa shape index (κ2) is 10.9. The third kappa shape index (κ3) is 5.88. The van der Waals surface area contributed by atoms with Gasteiger partial charge in [-0.1, -0.05) is 6.07 Å². The molecule has 36 heavy (non-hydrogen) atoms. The van der Waals surface area contributed by atoms with Crippen molar-refractivity contribution in [2.24, 2.45) is 0 Å². The van der Waals surface area contributed by atoms with Crippen LogP contribution in [0.15, 0.2) is 59.2 Å². The summed E-state index contributed by atoms with van der Waals surface area (Å²) >= 11 is 3.28. The topological polar surface area (TPSA) is 109 Å². The van der Waals surface area contributed by atoms with Crippen molar-refractivity contribution >= 4 is 45.2 Å². The van der Waals surface area contributed by atoms with E-state index in [1.165, 1.54) is 19.1 Å². The van der Waals surface area contributed by atoms with E-state index < -0.39 is 29.8 Å². The maximum Gasteiger partial charge on any atom is 0.343 e. The molecule has 1 fully saturated rings. The highest BCUT2D eigenvalue weighted by molar-refractivity contribution is 9.10. The largest absolute Gasteiger partial charge is 0.422 e. The van der Waals surface area contributed by atoms with Gasteiger partial charge >= 0.3 is 12.0 Å². The number of pyridine rings is 1. The van der Waals surface area contributed by atoms with E-state index in [2.05, 4.69) is 36.9 Å². The van der Waals surface area contributed by atoms with Gasteiger partial charge in [-0.05, 0) is 78.7 Å². The summed E-state index contributed by atoms with van der Waals surface area (Å²) < 4.78 is 21.4. The SMILES string of the molecule is CCNc1cccc(C(=O)Oc2c(C(C)=O)ccc(F)c2[C@H]2C[C@H]2NC(=O)Nc2ccc(Br)cn2)c1. The van der Waals surface area contributed by atoms with Gasteiger partial charge < -0.3 is 15.4 Å². The monoisotopic (exact) mass is 554 g/mol. The number of nitrogens with zero attached hydrogens (tertiary/aromatic N) is 1. The number of anilines is 2. The molecule has 1 aliphatic rings. The molecular formula is C26H24BrFN4O4. The Labute approximate surface area is 215 Å². The second-order valence-electron chi connectivity index (χ2n) is 8.30. The van der Waals surface area contributed by atoms with Gasteiger partial charge in [-0.25, -0.2) is 19.0 Å². The Morgan fingerprint density at radius 3 is 2.67 bits per heavy atom. The quantitative estimate of drug-likeness (QED) is 0.192. The Bertz CT molecular complexity index is 1320. The van der Waals surface area contributed by atoms with Crippen LogP contribution in [0.5, 0.6) is 5.75 Å². The highest BCUT2D eigenvalue weighted by atomic mass is 79.9. The van der Waals surface area contributed by atoms with E-state index >= 15 is 4.39 Å². The predicted molar refractivity (Wildman–Crippen MR) is 137 cm³/mol. The van der Waals surface area contributed by atoms with E-state index in [0.717, 1.165) is 10.2 Å². The number of rotatable bonds is 8. The number of hydrogen-bond acceptors (Lipinski definition) is 6. The molecule has 1 saturated carbocycles. The molecule has 4 rings (SSSR count). The van der Waals surface area contributed by atoms with Crippen LogP contribution in [-0.4, -0.2) is 35.4 Å². The molecule has 0 radical (unpaired) electrons. The summed E-state index contributed by atoms with van der Waals surface area (Å²) in [6, 6.07) is 11.7. The van der Waals surface area contributed by atoms with E-state index in [1.807, 2.05) is 13.0 Å². The number of nitrogens with one attached hydrogen (secondary N) is 3. The summed E-state index contributed by atoms with van der Waals surface area (Å²) in [6.45, 7) is 3.92. The van der Waals surface area contributed by atoms with Crippen LogP contribution >= 0.6 is 15.9 Å². The number of carbonyl (C=O) groups excluding carboxylic acids is 3. The molecule has 0 unspecified atom stereocenters. The molecule has 3 aromatic rings. The Morgan fingerprint density at radius 2 is 1.97 bits per heavy atom. The van der Waals surface area contributed by atoms with Crippen molar-refractivity contribution in [3.63, 3.8) is 0 Å². The van der Waals surface area contributed by atoms with Gasteiger partial charge in [0.25, 0.3) is 0 Å². The Morgan fingerprint density at radius 1 is 1.17 bits per heavy atom. The number of Topliss-reactive ketones (excluding diaryl/α,β-unsaturated/α-hetero) is 1. The van der Waals surface area contributed by atoms with Gasteiger partial charge in [0.05, 0.1) is 11.1 Å². The van der Waals surface area contributed by atoms with E-state index in [4.69, 9.17) is 4.74 Å². The van der Waals surface area contributed by atoms with E-state index in [0.29, 0.717) is 18.8 Å². The molecule has 0 saturated heterocycles. The van der Waals surface area contributed by atoms with Gasteiger partial charge in [0.2, 0.25) is 0 Å². The number of benzene rings is 2. The number of urea groups is 1. The van der Waals surface area contributed by atoms with Crippen LogP contribution in [0.25, 0.3) is 0 Å². The van der Waals surface area contributed by atoms with Crippen molar-refractivity contribution in [2.45, 2.75) is 32.2 Å². The number of ketones is 1. The zero-order valence-corrected chi connectivity index (χ0v) is 21.2. The summed E-state index contributed by atoms with van der Waals surface area (Å²) in [5.74, 6) is -1.94. The molecule has 10 heteroatoms. The Balaban J connectivity index is 1.54. The zero-order valence-electron chi connectivity index (χ0n) is 19.6. The first kappa shape index (κ1) is 25.3. The first-order chi connectivity index (χ1) is 17.3. The lowest BCUT2D eigenvalue weighted by atomic mass is 10.0. The molecule has 1 aliphatic carbocycles. The third-order valence-electron chi connectivity index (χ3n) is 5.64.